The van der Waals surface area contributed by atoms with E-state index in [0.717, 1.165) is 36.8 Å². The second-order valence-electron chi connectivity index (χ2n) is 8.34. The molecule has 0 fully saturated rings. The van der Waals surface area contributed by atoms with E-state index in [1.807, 2.05) is 18.2 Å². The summed E-state index contributed by atoms with van der Waals surface area (Å²) in [6, 6.07) is 11.0. The molecule has 4 rings (SSSR count). The maximum Gasteiger partial charge on any atom is 0.232 e. The number of hydrogen-bond acceptors (Lipinski definition) is 6. The number of ether oxygens (including phenoxy) is 3. The van der Waals surface area contributed by atoms with E-state index in [0.29, 0.717) is 36.8 Å². The Morgan fingerprint density at radius 1 is 1.15 bits per heavy atom. The zero-order valence-corrected chi connectivity index (χ0v) is 19.8. The van der Waals surface area contributed by atoms with Crippen LogP contribution < -0.4 is 23.8 Å². The van der Waals surface area contributed by atoms with Gasteiger partial charge in [-0.2, -0.15) is 0 Å². The first-order valence-corrected chi connectivity index (χ1v) is 13.0. The first kappa shape index (κ1) is 23.2. The van der Waals surface area contributed by atoms with E-state index in [-0.39, 0.29) is 24.9 Å². The van der Waals surface area contributed by atoms with Gasteiger partial charge in [0.1, 0.15) is 19.0 Å². The van der Waals surface area contributed by atoms with Crippen molar-refractivity contribution in [2.45, 2.75) is 38.1 Å². The number of carbonyl (C=O) groups is 1. The highest BCUT2D eigenvalue weighted by atomic mass is 32.2. The molecular formula is C24H30N2O6S. The van der Waals surface area contributed by atoms with Crippen LogP contribution in [0.3, 0.4) is 0 Å². The number of methoxy groups -OCH3 is 1. The largest absolute Gasteiger partial charge is 0.497 e. The molecule has 33 heavy (non-hydrogen) atoms. The first-order chi connectivity index (χ1) is 15.8. The van der Waals surface area contributed by atoms with Crippen molar-refractivity contribution in [3.05, 3.63) is 47.5 Å². The summed E-state index contributed by atoms with van der Waals surface area (Å²) in [5.41, 5.74) is 2.83. The maximum absolute atomic E-state index is 12.7. The van der Waals surface area contributed by atoms with Crippen LogP contribution in [0.15, 0.2) is 36.4 Å². The van der Waals surface area contributed by atoms with Gasteiger partial charge in [-0.15, -0.1) is 0 Å². The van der Waals surface area contributed by atoms with E-state index >= 15 is 0 Å². The molecule has 0 spiro atoms. The number of carbonyl (C=O) groups excluding carboxylic acids is 1. The Morgan fingerprint density at radius 2 is 1.94 bits per heavy atom. The number of sulfonamides is 1. The van der Waals surface area contributed by atoms with Gasteiger partial charge >= 0.3 is 0 Å². The molecule has 0 bridgehead atoms. The number of hydrogen-bond donors (Lipinski definition) is 1. The van der Waals surface area contributed by atoms with E-state index in [1.165, 1.54) is 9.87 Å². The minimum Gasteiger partial charge on any atom is -0.497 e. The topological polar surface area (TPSA) is 94.2 Å². The van der Waals surface area contributed by atoms with Gasteiger partial charge in [-0.1, -0.05) is 6.07 Å². The molecule has 0 saturated heterocycles. The van der Waals surface area contributed by atoms with Crippen molar-refractivity contribution in [3.63, 3.8) is 0 Å². The van der Waals surface area contributed by atoms with Gasteiger partial charge in [0.15, 0.2) is 11.5 Å². The van der Waals surface area contributed by atoms with Crippen molar-refractivity contribution in [3.8, 4) is 17.2 Å². The van der Waals surface area contributed by atoms with E-state index in [2.05, 4.69) is 5.32 Å². The highest BCUT2D eigenvalue weighted by Gasteiger charge is 2.24. The predicted molar refractivity (Wildman–Crippen MR) is 126 cm³/mol. The minimum absolute atomic E-state index is 0.0315. The average molecular weight is 475 g/mol. The Bertz CT molecular complexity index is 1120. The van der Waals surface area contributed by atoms with Crippen LogP contribution in [0.4, 0.5) is 5.69 Å². The normalized spacial score (nSPS) is 17.1. The summed E-state index contributed by atoms with van der Waals surface area (Å²) >= 11 is 0. The summed E-state index contributed by atoms with van der Waals surface area (Å²) in [5.74, 6) is 1.86. The molecule has 2 aliphatic rings. The van der Waals surface area contributed by atoms with Gasteiger partial charge in [0.05, 0.1) is 25.1 Å². The predicted octanol–water partition coefficient (Wildman–Crippen LogP) is 3.21. The molecule has 1 aliphatic heterocycles. The van der Waals surface area contributed by atoms with Gasteiger partial charge < -0.3 is 19.5 Å². The number of nitrogens with zero attached hydrogens (tertiary/aromatic N) is 1. The first-order valence-electron chi connectivity index (χ1n) is 11.2. The molecular weight excluding hydrogens is 444 g/mol. The van der Waals surface area contributed by atoms with E-state index in [4.69, 9.17) is 14.2 Å². The van der Waals surface area contributed by atoms with Crippen LogP contribution in [-0.2, 0) is 21.2 Å². The fourth-order valence-electron chi connectivity index (χ4n) is 4.39. The summed E-state index contributed by atoms with van der Waals surface area (Å²) in [5, 5.41) is 3.12. The van der Waals surface area contributed by atoms with Crippen LogP contribution in [-0.4, -0.2) is 47.4 Å². The van der Waals surface area contributed by atoms with Gasteiger partial charge in [-0.3, -0.25) is 9.10 Å². The lowest BCUT2D eigenvalue weighted by molar-refractivity contribution is -0.122. The van der Waals surface area contributed by atoms with Gasteiger partial charge in [0.25, 0.3) is 0 Å². The zero-order chi connectivity index (χ0) is 23.4. The lowest BCUT2D eigenvalue weighted by Gasteiger charge is -2.27. The van der Waals surface area contributed by atoms with Crippen molar-refractivity contribution in [2.24, 2.45) is 0 Å². The zero-order valence-electron chi connectivity index (χ0n) is 19.0. The minimum atomic E-state index is -3.52. The van der Waals surface area contributed by atoms with Crippen molar-refractivity contribution in [2.75, 3.05) is 37.4 Å². The summed E-state index contributed by atoms with van der Waals surface area (Å²) in [7, 11) is -1.88. The molecule has 1 N–H and O–H groups in total. The van der Waals surface area contributed by atoms with Gasteiger partial charge in [0, 0.05) is 19.0 Å². The van der Waals surface area contributed by atoms with Crippen LogP contribution in [0.1, 0.15) is 42.9 Å². The molecule has 2 aromatic rings. The SMILES string of the molecule is COc1ccc2c(c1)CCC[C@@H]2NC(=O)CCCN(c1ccc2c(c1)OCCO2)S(C)(=O)=O. The third-order valence-corrected chi connectivity index (χ3v) is 7.17. The summed E-state index contributed by atoms with van der Waals surface area (Å²) in [6.07, 6.45) is 4.65. The Balaban J connectivity index is 1.37. The van der Waals surface area contributed by atoms with Crippen molar-refractivity contribution < 1.29 is 27.4 Å². The second-order valence-corrected chi connectivity index (χ2v) is 10.3. The molecule has 2 aromatic carbocycles. The Labute approximate surface area is 194 Å². The number of rotatable bonds is 8. The lowest BCUT2D eigenvalue weighted by Crippen LogP contribution is -2.33. The molecule has 8 nitrogen and oxygen atoms in total. The molecule has 9 heteroatoms. The highest BCUT2D eigenvalue weighted by Crippen LogP contribution is 2.35. The average Bonchev–Trinajstić information content (AvgIpc) is 2.80. The van der Waals surface area contributed by atoms with E-state index < -0.39 is 10.0 Å². The molecule has 0 aromatic heterocycles. The van der Waals surface area contributed by atoms with Crippen molar-refractivity contribution in [1.29, 1.82) is 0 Å². The standard InChI is InChI=1S/C24H30N2O6S/c1-30-19-9-10-20-17(15-19)5-3-6-21(20)25-24(27)7-4-12-26(33(2,28)29)18-8-11-22-23(16-18)32-14-13-31-22/h8-11,15-16,21H,3-7,12-14H2,1-2H3,(H,25,27)/t21-/m0/s1. The number of benzene rings is 2. The Hall–Kier alpha value is -2.94. The fraction of sp³-hybridized carbons (Fsp3) is 0.458. The Morgan fingerprint density at radius 3 is 2.70 bits per heavy atom. The lowest BCUT2D eigenvalue weighted by atomic mass is 9.87. The molecule has 0 saturated carbocycles. The van der Waals surface area contributed by atoms with Gasteiger partial charge in [-0.25, -0.2) is 8.42 Å². The molecule has 1 amide bonds. The van der Waals surface area contributed by atoms with Crippen LogP contribution in [0.25, 0.3) is 0 Å². The number of aryl methyl sites for hydroxylation is 1. The molecule has 0 unspecified atom stereocenters. The van der Waals surface area contributed by atoms with Gasteiger partial charge in [0.2, 0.25) is 15.9 Å². The maximum atomic E-state index is 12.7. The second kappa shape index (κ2) is 9.91. The molecule has 178 valence electrons. The van der Waals surface area contributed by atoms with Crippen molar-refractivity contribution >= 4 is 21.6 Å². The number of amides is 1. The number of anilines is 1. The van der Waals surface area contributed by atoms with Crippen LogP contribution in [0.2, 0.25) is 0 Å². The van der Waals surface area contributed by atoms with Crippen LogP contribution in [0, 0.1) is 0 Å². The monoisotopic (exact) mass is 474 g/mol. The third kappa shape index (κ3) is 5.52. The fourth-order valence-corrected chi connectivity index (χ4v) is 5.35. The summed E-state index contributed by atoms with van der Waals surface area (Å²) in [4.78, 5) is 12.7. The molecule has 1 atom stereocenters. The summed E-state index contributed by atoms with van der Waals surface area (Å²) in [6.45, 7) is 1.09. The van der Waals surface area contributed by atoms with Crippen molar-refractivity contribution in [1.82, 2.24) is 5.32 Å². The number of fused-ring (bicyclic) bond motifs is 2. The molecule has 0 radical (unpaired) electrons. The van der Waals surface area contributed by atoms with Crippen LogP contribution >= 0.6 is 0 Å². The third-order valence-electron chi connectivity index (χ3n) is 5.98. The molecule has 1 aliphatic carbocycles. The molecule has 1 heterocycles. The summed E-state index contributed by atoms with van der Waals surface area (Å²) < 4.78 is 42.6. The quantitative estimate of drug-likeness (QED) is 0.632. The smallest absolute Gasteiger partial charge is 0.232 e. The number of nitrogens with one attached hydrogen (secondary N) is 1. The van der Waals surface area contributed by atoms with Crippen LogP contribution in [0.5, 0.6) is 17.2 Å². The van der Waals surface area contributed by atoms with Gasteiger partial charge in [-0.05, 0) is 61.1 Å². The van der Waals surface area contributed by atoms with E-state index in [9.17, 15) is 13.2 Å². The van der Waals surface area contributed by atoms with E-state index in [1.54, 1.807) is 25.3 Å². The highest BCUT2D eigenvalue weighted by molar-refractivity contribution is 7.92. The Kier molecular flexibility index (Phi) is 6.97.